The Hall–Kier alpha value is -0.640. The monoisotopic (exact) mass is 271 g/mol. The van der Waals surface area contributed by atoms with Crippen molar-refractivity contribution in [2.75, 3.05) is 0 Å². The zero-order valence-corrected chi connectivity index (χ0v) is 11.0. The van der Waals surface area contributed by atoms with Gasteiger partial charge in [0.25, 0.3) is 0 Å². The number of nitrogens with two attached hydrogens (primary N) is 1. The lowest BCUT2D eigenvalue weighted by Crippen LogP contribution is -2.34. The van der Waals surface area contributed by atoms with Crippen LogP contribution in [0.5, 0.6) is 0 Å². The third-order valence-electron chi connectivity index (χ3n) is 3.83. The van der Waals surface area contributed by atoms with Gasteiger partial charge in [0.2, 0.25) is 0 Å². The molecule has 1 aromatic rings. The molecule has 0 radical (unpaired) electrons. The Kier molecular flexibility index (Phi) is 4.60. The second-order valence-corrected chi connectivity index (χ2v) is 5.50. The Bertz CT molecular complexity index is 407. The molecule has 0 aliphatic heterocycles. The minimum absolute atomic E-state index is 0.0816. The summed E-state index contributed by atoms with van der Waals surface area (Å²) in [5.41, 5.74) is 6.64. The molecular formula is C14H19ClFNO. The summed E-state index contributed by atoms with van der Waals surface area (Å²) in [7, 11) is 0. The lowest BCUT2D eigenvalue weighted by molar-refractivity contribution is 0.0617. The molecule has 4 heteroatoms. The predicted octanol–water partition coefficient (Wildman–Crippen LogP) is 3.42. The summed E-state index contributed by atoms with van der Waals surface area (Å²) >= 11 is 5.64. The van der Waals surface area contributed by atoms with E-state index in [2.05, 4.69) is 0 Å². The third-order valence-corrected chi connectivity index (χ3v) is 4.14. The molecule has 0 heterocycles. The van der Waals surface area contributed by atoms with E-state index in [0.29, 0.717) is 5.56 Å². The Morgan fingerprint density at radius 2 is 1.94 bits per heavy atom. The van der Waals surface area contributed by atoms with E-state index in [0.717, 1.165) is 25.7 Å². The normalized spacial score (nSPS) is 20.7. The first-order valence-corrected chi connectivity index (χ1v) is 6.86. The summed E-state index contributed by atoms with van der Waals surface area (Å²) in [6.45, 7) is 0. The van der Waals surface area contributed by atoms with Crippen LogP contribution in [0.15, 0.2) is 18.2 Å². The molecular weight excluding hydrogens is 253 g/mol. The largest absolute Gasteiger partial charge is 0.391 e. The van der Waals surface area contributed by atoms with Crippen LogP contribution in [0, 0.1) is 11.7 Å². The second-order valence-electron chi connectivity index (χ2n) is 5.09. The number of hydrogen-bond acceptors (Lipinski definition) is 2. The quantitative estimate of drug-likeness (QED) is 0.885. The van der Waals surface area contributed by atoms with E-state index in [1.807, 2.05) is 0 Å². The van der Waals surface area contributed by atoms with Crippen molar-refractivity contribution in [1.82, 2.24) is 0 Å². The Labute approximate surface area is 112 Å². The van der Waals surface area contributed by atoms with Crippen molar-refractivity contribution < 1.29 is 9.50 Å². The molecule has 1 fully saturated rings. The topological polar surface area (TPSA) is 46.2 Å². The van der Waals surface area contributed by atoms with Gasteiger partial charge in [0.15, 0.2) is 0 Å². The molecule has 2 nitrogen and oxygen atoms in total. The number of benzene rings is 1. The van der Waals surface area contributed by atoms with E-state index in [-0.39, 0.29) is 10.9 Å². The zero-order valence-electron chi connectivity index (χ0n) is 10.3. The second kappa shape index (κ2) is 6.00. The summed E-state index contributed by atoms with van der Waals surface area (Å²) < 4.78 is 13.4. The average Bonchev–Trinajstić information content (AvgIpc) is 2.41. The molecule has 2 rings (SSSR count). The van der Waals surface area contributed by atoms with E-state index >= 15 is 0 Å². The molecule has 0 spiro atoms. The lowest BCUT2D eigenvalue weighted by Gasteiger charge is -2.30. The molecule has 100 valence electrons. The summed E-state index contributed by atoms with van der Waals surface area (Å²) in [5.74, 6) is -0.257. The van der Waals surface area contributed by atoms with Crippen molar-refractivity contribution in [2.24, 2.45) is 11.7 Å². The van der Waals surface area contributed by atoms with Gasteiger partial charge in [0.05, 0.1) is 17.2 Å². The van der Waals surface area contributed by atoms with Gasteiger partial charge in [-0.05, 0) is 36.5 Å². The number of aliphatic hydroxyl groups is 1. The standard InChI is InChI=1S/C14H19ClFNO/c15-11-7-6-10(8-12(11)16)13(17)14(18)9-4-2-1-3-5-9/h6-9,13-14,18H,1-5,17H2/t13-,14+/m1/s1. The fraction of sp³-hybridized carbons (Fsp3) is 0.571. The van der Waals surface area contributed by atoms with Gasteiger partial charge >= 0.3 is 0 Å². The molecule has 1 aliphatic carbocycles. The summed E-state index contributed by atoms with van der Waals surface area (Å²) in [6.07, 6.45) is 4.92. The van der Waals surface area contributed by atoms with E-state index < -0.39 is 18.0 Å². The van der Waals surface area contributed by atoms with E-state index in [4.69, 9.17) is 17.3 Å². The Balaban J connectivity index is 2.09. The van der Waals surface area contributed by atoms with Crippen LogP contribution in [0.4, 0.5) is 4.39 Å². The highest BCUT2D eigenvalue weighted by atomic mass is 35.5. The molecule has 0 bridgehead atoms. The van der Waals surface area contributed by atoms with Crippen molar-refractivity contribution in [3.05, 3.63) is 34.6 Å². The van der Waals surface area contributed by atoms with Gasteiger partial charge in [-0.1, -0.05) is 36.9 Å². The highest BCUT2D eigenvalue weighted by Gasteiger charge is 2.27. The van der Waals surface area contributed by atoms with Gasteiger partial charge in [-0.2, -0.15) is 0 Å². The van der Waals surface area contributed by atoms with Crippen molar-refractivity contribution in [3.8, 4) is 0 Å². The minimum Gasteiger partial charge on any atom is -0.391 e. The lowest BCUT2D eigenvalue weighted by atomic mass is 9.81. The summed E-state index contributed by atoms with van der Waals surface area (Å²) in [4.78, 5) is 0. The number of rotatable bonds is 3. The first-order chi connectivity index (χ1) is 8.59. The van der Waals surface area contributed by atoms with Gasteiger partial charge in [0.1, 0.15) is 5.82 Å². The van der Waals surface area contributed by atoms with Crippen molar-refractivity contribution in [1.29, 1.82) is 0 Å². The fourth-order valence-corrected chi connectivity index (χ4v) is 2.80. The van der Waals surface area contributed by atoms with E-state index in [1.54, 1.807) is 6.07 Å². The maximum Gasteiger partial charge on any atom is 0.142 e. The van der Waals surface area contributed by atoms with Crippen LogP contribution >= 0.6 is 11.6 Å². The number of hydrogen-bond donors (Lipinski definition) is 2. The third kappa shape index (κ3) is 3.02. The summed E-state index contributed by atoms with van der Waals surface area (Å²) in [6, 6.07) is 3.95. The van der Waals surface area contributed by atoms with Crippen molar-refractivity contribution >= 4 is 11.6 Å². The molecule has 3 N–H and O–H groups in total. The molecule has 18 heavy (non-hydrogen) atoms. The average molecular weight is 272 g/mol. The van der Waals surface area contributed by atoms with E-state index in [9.17, 15) is 9.50 Å². The van der Waals surface area contributed by atoms with Gasteiger partial charge < -0.3 is 10.8 Å². The maximum atomic E-state index is 13.4. The van der Waals surface area contributed by atoms with E-state index in [1.165, 1.54) is 18.6 Å². The Morgan fingerprint density at radius 1 is 1.28 bits per heavy atom. The molecule has 0 unspecified atom stereocenters. The van der Waals surface area contributed by atoms with Crippen LogP contribution in [0.1, 0.15) is 43.7 Å². The highest BCUT2D eigenvalue weighted by Crippen LogP contribution is 2.32. The minimum atomic E-state index is -0.606. The molecule has 1 aromatic carbocycles. The molecule has 0 aromatic heterocycles. The fourth-order valence-electron chi connectivity index (χ4n) is 2.69. The highest BCUT2D eigenvalue weighted by molar-refractivity contribution is 6.30. The summed E-state index contributed by atoms with van der Waals surface area (Å²) in [5, 5.41) is 10.4. The van der Waals surface area contributed by atoms with Gasteiger partial charge in [0, 0.05) is 0 Å². The molecule has 2 atom stereocenters. The molecule has 0 amide bonds. The smallest absolute Gasteiger partial charge is 0.142 e. The van der Waals surface area contributed by atoms with Crippen molar-refractivity contribution in [3.63, 3.8) is 0 Å². The van der Waals surface area contributed by atoms with Crippen LogP contribution in [-0.4, -0.2) is 11.2 Å². The van der Waals surface area contributed by atoms with Crippen LogP contribution in [0.25, 0.3) is 0 Å². The predicted molar refractivity (Wildman–Crippen MR) is 70.9 cm³/mol. The van der Waals surface area contributed by atoms with Crippen LogP contribution in [0.3, 0.4) is 0 Å². The SMILES string of the molecule is N[C@H](c1ccc(Cl)c(F)c1)[C@@H](O)C1CCCCC1. The Morgan fingerprint density at radius 3 is 2.56 bits per heavy atom. The first-order valence-electron chi connectivity index (χ1n) is 6.48. The van der Waals surface area contributed by atoms with Crippen LogP contribution in [0.2, 0.25) is 5.02 Å². The molecule has 0 saturated heterocycles. The first kappa shape index (κ1) is 13.8. The van der Waals surface area contributed by atoms with Crippen LogP contribution in [-0.2, 0) is 0 Å². The maximum absolute atomic E-state index is 13.4. The zero-order chi connectivity index (χ0) is 13.1. The van der Waals surface area contributed by atoms with Crippen LogP contribution < -0.4 is 5.73 Å². The van der Waals surface area contributed by atoms with Gasteiger partial charge in [-0.25, -0.2) is 4.39 Å². The van der Waals surface area contributed by atoms with Gasteiger partial charge in [-0.15, -0.1) is 0 Å². The van der Waals surface area contributed by atoms with Crippen molar-refractivity contribution in [2.45, 2.75) is 44.2 Å². The number of halogens is 2. The number of aliphatic hydroxyl groups excluding tert-OH is 1. The van der Waals surface area contributed by atoms with Gasteiger partial charge in [-0.3, -0.25) is 0 Å². The molecule has 1 aliphatic rings. The molecule has 1 saturated carbocycles.